The highest BCUT2D eigenvalue weighted by Crippen LogP contribution is 2.37. The molecule has 2 N–H and O–H groups in total. The van der Waals surface area contributed by atoms with Crippen LogP contribution in [0.25, 0.3) is 0 Å². The molecule has 1 atom stereocenters. The second kappa shape index (κ2) is 6.07. The topological polar surface area (TPSA) is 61.0 Å². The summed E-state index contributed by atoms with van der Waals surface area (Å²) in [5.74, 6) is -0.619. The number of nitrogens with two attached hydrogens (primary N) is 1. The SMILES string of the molecule is Nc1nc(Cl)cc(OC(c2ccc(Br)cc2)C(F)(F)F)n1. The highest BCUT2D eigenvalue weighted by Gasteiger charge is 2.43. The number of aromatic nitrogens is 2. The van der Waals surface area contributed by atoms with Gasteiger partial charge in [0.25, 0.3) is 0 Å². The van der Waals surface area contributed by atoms with Crippen LogP contribution in [0, 0.1) is 0 Å². The lowest BCUT2D eigenvalue weighted by Crippen LogP contribution is -2.26. The fourth-order valence-electron chi connectivity index (χ4n) is 1.56. The van der Waals surface area contributed by atoms with Gasteiger partial charge in [-0.15, -0.1) is 0 Å². The molecule has 0 spiro atoms. The van der Waals surface area contributed by atoms with E-state index in [4.69, 9.17) is 22.1 Å². The molecule has 0 aliphatic carbocycles. The predicted octanol–water partition coefficient (Wildman–Crippen LogP) is 4.16. The lowest BCUT2D eigenvalue weighted by atomic mass is 10.1. The maximum Gasteiger partial charge on any atom is 0.429 e. The van der Waals surface area contributed by atoms with E-state index in [0.717, 1.165) is 6.07 Å². The van der Waals surface area contributed by atoms with E-state index < -0.39 is 12.3 Å². The number of nitrogens with zero attached hydrogens (tertiary/aromatic N) is 2. The van der Waals surface area contributed by atoms with Crippen molar-refractivity contribution in [1.29, 1.82) is 0 Å². The predicted molar refractivity (Wildman–Crippen MR) is 75.0 cm³/mol. The van der Waals surface area contributed by atoms with Crippen LogP contribution in [0.1, 0.15) is 11.7 Å². The van der Waals surface area contributed by atoms with Crippen molar-refractivity contribution in [3.05, 3.63) is 45.5 Å². The Hall–Kier alpha value is -1.54. The van der Waals surface area contributed by atoms with Crippen molar-refractivity contribution in [1.82, 2.24) is 9.97 Å². The van der Waals surface area contributed by atoms with Crippen molar-refractivity contribution in [2.45, 2.75) is 12.3 Å². The van der Waals surface area contributed by atoms with Crippen LogP contribution >= 0.6 is 27.5 Å². The molecule has 1 aromatic carbocycles. The van der Waals surface area contributed by atoms with Gasteiger partial charge in [-0.1, -0.05) is 39.7 Å². The molecule has 4 nitrogen and oxygen atoms in total. The number of benzene rings is 1. The van der Waals surface area contributed by atoms with Crippen molar-refractivity contribution in [2.24, 2.45) is 0 Å². The number of hydrogen-bond acceptors (Lipinski definition) is 4. The molecular weight excluding hydrogens is 375 g/mol. The maximum atomic E-state index is 13.1. The van der Waals surface area contributed by atoms with Crippen LogP contribution in [-0.4, -0.2) is 16.1 Å². The molecule has 0 radical (unpaired) electrons. The second-order valence-electron chi connectivity index (χ2n) is 3.98. The molecule has 0 bridgehead atoms. The fourth-order valence-corrected chi connectivity index (χ4v) is 2.00. The highest BCUT2D eigenvalue weighted by molar-refractivity contribution is 9.10. The molecule has 112 valence electrons. The normalized spacial score (nSPS) is 13.0. The van der Waals surface area contributed by atoms with Gasteiger partial charge in [-0.25, -0.2) is 4.98 Å². The molecule has 0 saturated heterocycles. The van der Waals surface area contributed by atoms with Gasteiger partial charge in [0.2, 0.25) is 17.9 Å². The monoisotopic (exact) mass is 381 g/mol. The van der Waals surface area contributed by atoms with Gasteiger partial charge in [0.1, 0.15) is 5.15 Å². The molecular formula is C12H8BrClF3N3O. The summed E-state index contributed by atoms with van der Waals surface area (Å²) in [5, 5.41) is -0.103. The number of alkyl halides is 3. The minimum Gasteiger partial charge on any atom is -0.460 e. The Balaban J connectivity index is 2.35. The van der Waals surface area contributed by atoms with Gasteiger partial charge in [-0.2, -0.15) is 18.2 Å². The summed E-state index contributed by atoms with van der Waals surface area (Å²) in [6.07, 6.45) is -6.81. The fraction of sp³-hybridized carbons (Fsp3) is 0.167. The van der Waals surface area contributed by atoms with E-state index in [0.29, 0.717) is 4.47 Å². The molecule has 21 heavy (non-hydrogen) atoms. The first-order valence-electron chi connectivity index (χ1n) is 5.54. The van der Waals surface area contributed by atoms with E-state index >= 15 is 0 Å². The third kappa shape index (κ3) is 4.21. The molecule has 2 rings (SSSR count). The molecule has 1 aromatic heterocycles. The smallest absolute Gasteiger partial charge is 0.429 e. The van der Waals surface area contributed by atoms with Crippen molar-refractivity contribution in [3.8, 4) is 5.88 Å². The van der Waals surface area contributed by atoms with Gasteiger partial charge >= 0.3 is 6.18 Å². The summed E-state index contributed by atoms with van der Waals surface area (Å²) in [5.41, 5.74) is 5.26. The van der Waals surface area contributed by atoms with E-state index in [2.05, 4.69) is 25.9 Å². The van der Waals surface area contributed by atoms with Crippen molar-refractivity contribution in [2.75, 3.05) is 5.73 Å². The van der Waals surface area contributed by atoms with E-state index in [1.165, 1.54) is 24.3 Å². The first kappa shape index (κ1) is 15.8. The molecule has 2 aromatic rings. The maximum absolute atomic E-state index is 13.1. The molecule has 0 saturated carbocycles. The Morgan fingerprint density at radius 2 is 1.81 bits per heavy atom. The Bertz CT molecular complexity index is 616. The summed E-state index contributed by atoms with van der Waals surface area (Å²) in [4.78, 5) is 7.13. The Morgan fingerprint density at radius 1 is 1.19 bits per heavy atom. The van der Waals surface area contributed by atoms with E-state index in [1.54, 1.807) is 0 Å². The first-order valence-corrected chi connectivity index (χ1v) is 6.71. The van der Waals surface area contributed by atoms with Crippen molar-refractivity contribution in [3.63, 3.8) is 0 Å². The van der Waals surface area contributed by atoms with Gasteiger partial charge < -0.3 is 10.5 Å². The molecule has 0 fully saturated rings. The highest BCUT2D eigenvalue weighted by atomic mass is 79.9. The van der Waals surface area contributed by atoms with Crippen LogP contribution in [0.4, 0.5) is 19.1 Å². The van der Waals surface area contributed by atoms with Crippen LogP contribution in [0.15, 0.2) is 34.8 Å². The summed E-state index contributed by atoms with van der Waals surface area (Å²) in [7, 11) is 0. The first-order chi connectivity index (χ1) is 9.75. The Kier molecular flexibility index (Phi) is 4.58. The third-order valence-corrected chi connectivity index (χ3v) is 3.12. The number of rotatable bonds is 3. The van der Waals surface area contributed by atoms with E-state index in [1.807, 2.05) is 0 Å². The van der Waals surface area contributed by atoms with Crippen LogP contribution in [0.2, 0.25) is 5.15 Å². The Morgan fingerprint density at radius 3 is 2.33 bits per heavy atom. The summed E-state index contributed by atoms with van der Waals surface area (Å²) >= 11 is 8.77. The summed E-state index contributed by atoms with van der Waals surface area (Å²) in [6.45, 7) is 0. The zero-order chi connectivity index (χ0) is 15.6. The number of hydrogen-bond donors (Lipinski definition) is 1. The molecule has 1 unspecified atom stereocenters. The number of nitrogen functional groups attached to an aromatic ring is 1. The van der Waals surface area contributed by atoms with Crippen LogP contribution in [0.5, 0.6) is 5.88 Å². The molecule has 0 amide bonds. The zero-order valence-corrected chi connectivity index (χ0v) is 12.6. The lowest BCUT2D eigenvalue weighted by Gasteiger charge is -2.21. The summed E-state index contributed by atoms with van der Waals surface area (Å²) < 4.78 is 45.0. The minimum atomic E-state index is -4.62. The molecule has 0 aliphatic rings. The minimum absolute atomic E-state index is 0.0704. The standard InChI is InChI=1S/C12H8BrClF3N3O/c13-7-3-1-6(2-4-7)10(12(15,16)17)21-9-5-8(14)19-11(18)20-9/h1-5,10H,(H2,18,19,20). The van der Waals surface area contributed by atoms with Gasteiger partial charge in [0, 0.05) is 16.1 Å². The van der Waals surface area contributed by atoms with E-state index in [-0.39, 0.29) is 22.5 Å². The van der Waals surface area contributed by atoms with Gasteiger partial charge in [0.05, 0.1) is 0 Å². The van der Waals surface area contributed by atoms with E-state index in [9.17, 15) is 13.2 Å². The van der Waals surface area contributed by atoms with Crippen LogP contribution < -0.4 is 10.5 Å². The quantitative estimate of drug-likeness (QED) is 0.810. The second-order valence-corrected chi connectivity index (χ2v) is 5.28. The van der Waals surface area contributed by atoms with Crippen LogP contribution in [-0.2, 0) is 0 Å². The Labute approximate surface area is 131 Å². The molecule has 0 aliphatic heterocycles. The average molecular weight is 383 g/mol. The molecule has 9 heteroatoms. The number of ether oxygens (including phenoxy) is 1. The largest absolute Gasteiger partial charge is 0.460 e. The third-order valence-electron chi connectivity index (χ3n) is 2.40. The van der Waals surface area contributed by atoms with Crippen molar-refractivity contribution < 1.29 is 17.9 Å². The van der Waals surface area contributed by atoms with Crippen LogP contribution in [0.3, 0.4) is 0 Å². The summed E-state index contributed by atoms with van der Waals surface area (Å²) in [6, 6.07) is 6.63. The van der Waals surface area contributed by atoms with Gasteiger partial charge in [0.15, 0.2) is 0 Å². The van der Waals surface area contributed by atoms with Crippen molar-refractivity contribution >= 4 is 33.5 Å². The van der Waals surface area contributed by atoms with Gasteiger partial charge in [-0.05, 0) is 12.1 Å². The van der Waals surface area contributed by atoms with Gasteiger partial charge in [-0.3, -0.25) is 0 Å². The number of anilines is 1. The average Bonchev–Trinajstić information content (AvgIpc) is 2.35. The lowest BCUT2D eigenvalue weighted by molar-refractivity contribution is -0.198. The zero-order valence-electron chi connectivity index (χ0n) is 10.2. The molecule has 1 heterocycles. The number of halogens is 5.